The van der Waals surface area contributed by atoms with E-state index in [-0.39, 0.29) is 12.2 Å². The van der Waals surface area contributed by atoms with E-state index in [1.54, 1.807) is 24.3 Å². The molecule has 4 aromatic rings. The maximum atomic E-state index is 11.8. The number of fused-ring (bicyclic) bond motifs is 1. The van der Waals surface area contributed by atoms with Crippen molar-refractivity contribution in [3.8, 4) is 5.75 Å². The van der Waals surface area contributed by atoms with Crippen molar-refractivity contribution < 1.29 is 9.15 Å². The van der Waals surface area contributed by atoms with Gasteiger partial charge in [-0.2, -0.15) is 0 Å². The van der Waals surface area contributed by atoms with Gasteiger partial charge in [-0.15, -0.1) is 5.10 Å². The molecule has 0 aliphatic carbocycles. The first-order chi connectivity index (χ1) is 13.6. The van der Waals surface area contributed by atoms with E-state index >= 15 is 0 Å². The van der Waals surface area contributed by atoms with Gasteiger partial charge in [0.15, 0.2) is 5.82 Å². The van der Waals surface area contributed by atoms with Gasteiger partial charge in [0, 0.05) is 22.2 Å². The molecule has 0 spiro atoms. The maximum absolute atomic E-state index is 11.8. The summed E-state index contributed by atoms with van der Waals surface area (Å²) in [4.78, 5) is 16.3. The number of ether oxygens (including phenoxy) is 1. The average molecular weight is 414 g/mol. The summed E-state index contributed by atoms with van der Waals surface area (Å²) in [5.74, 6) is 1.87. The summed E-state index contributed by atoms with van der Waals surface area (Å²) >= 11 is 7.30. The molecule has 0 saturated carbocycles. The number of aromatic nitrogens is 3. The first-order valence-corrected chi connectivity index (χ1v) is 9.89. The molecule has 0 radical (unpaired) electrons. The summed E-state index contributed by atoms with van der Waals surface area (Å²) in [5, 5.41) is 9.22. The van der Waals surface area contributed by atoms with Crippen molar-refractivity contribution in [2.75, 3.05) is 0 Å². The molecular weight excluding hydrogens is 398 g/mol. The van der Waals surface area contributed by atoms with Gasteiger partial charge in [0.05, 0.1) is 0 Å². The molecule has 1 N–H and O–H groups in total. The third-order valence-corrected chi connectivity index (χ3v) is 5.19. The van der Waals surface area contributed by atoms with Gasteiger partial charge >= 0.3 is 5.63 Å². The Hall–Kier alpha value is -2.77. The van der Waals surface area contributed by atoms with Crippen LogP contribution in [0, 0.1) is 6.92 Å². The molecule has 2 aromatic carbocycles. The number of benzene rings is 2. The third-order valence-electron chi connectivity index (χ3n) is 4.04. The van der Waals surface area contributed by atoms with E-state index in [1.807, 2.05) is 25.1 Å². The topological polar surface area (TPSA) is 81.0 Å². The molecule has 4 rings (SSSR count). The van der Waals surface area contributed by atoms with Gasteiger partial charge < -0.3 is 9.15 Å². The highest BCUT2D eigenvalue weighted by Gasteiger charge is 2.10. The average Bonchev–Trinajstić information content (AvgIpc) is 3.13. The van der Waals surface area contributed by atoms with Gasteiger partial charge in [0.2, 0.25) is 5.16 Å². The van der Waals surface area contributed by atoms with Crippen molar-refractivity contribution in [2.45, 2.75) is 24.4 Å². The predicted molar refractivity (Wildman–Crippen MR) is 109 cm³/mol. The predicted octanol–water partition coefficient (Wildman–Crippen LogP) is 4.74. The van der Waals surface area contributed by atoms with Crippen LogP contribution < -0.4 is 10.4 Å². The quantitative estimate of drug-likeness (QED) is 0.363. The fourth-order valence-corrected chi connectivity index (χ4v) is 3.62. The van der Waals surface area contributed by atoms with Crippen LogP contribution in [-0.2, 0) is 12.4 Å². The number of hydrogen-bond acceptors (Lipinski definition) is 6. The fourth-order valence-electron chi connectivity index (χ4n) is 2.69. The molecule has 0 amide bonds. The van der Waals surface area contributed by atoms with Crippen LogP contribution in [0.2, 0.25) is 5.02 Å². The normalized spacial score (nSPS) is 11.1. The van der Waals surface area contributed by atoms with Crippen molar-refractivity contribution in [3.63, 3.8) is 0 Å². The Bertz CT molecular complexity index is 1170. The smallest absolute Gasteiger partial charge is 0.336 e. The van der Waals surface area contributed by atoms with Gasteiger partial charge in [-0.25, -0.2) is 9.78 Å². The van der Waals surface area contributed by atoms with Gasteiger partial charge in [-0.3, -0.25) is 5.10 Å². The molecule has 28 heavy (non-hydrogen) atoms. The van der Waals surface area contributed by atoms with Crippen LogP contribution in [0.1, 0.15) is 17.0 Å². The first-order valence-electron chi connectivity index (χ1n) is 8.53. The lowest BCUT2D eigenvalue weighted by Gasteiger charge is -2.04. The fraction of sp³-hybridized carbons (Fsp3) is 0.150. The zero-order valence-electron chi connectivity index (χ0n) is 14.9. The minimum absolute atomic E-state index is 0.270. The number of aryl methyl sites for hydroxylation is 1. The monoisotopic (exact) mass is 413 g/mol. The van der Waals surface area contributed by atoms with Crippen LogP contribution in [0.5, 0.6) is 5.75 Å². The molecule has 8 heteroatoms. The van der Waals surface area contributed by atoms with Crippen LogP contribution in [0.15, 0.2) is 62.9 Å². The lowest BCUT2D eigenvalue weighted by Crippen LogP contribution is -2.00. The van der Waals surface area contributed by atoms with Crippen LogP contribution in [0.3, 0.4) is 0 Å². The van der Waals surface area contributed by atoms with Gasteiger partial charge in [0.25, 0.3) is 0 Å². The summed E-state index contributed by atoms with van der Waals surface area (Å²) in [6.07, 6.45) is 0. The molecule has 0 unspecified atom stereocenters. The Balaban J connectivity index is 1.43. The second-order valence-corrected chi connectivity index (χ2v) is 7.57. The van der Waals surface area contributed by atoms with E-state index < -0.39 is 0 Å². The van der Waals surface area contributed by atoms with E-state index in [9.17, 15) is 4.79 Å². The Morgan fingerprint density at radius 1 is 1.18 bits per heavy atom. The summed E-state index contributed by atoms with van der Waals surface area (Å²) in [6, 6.07) is 14.5. The first kappa shape index (κ1) is 18.6. The molecule has 2 heterocycles. The molecule has 142 valence electrons. The van der Waals surface area contributed by atoms with Crippen LogP contribution in [0.4, 0.5) is 0 Å². The lowest BCUT2D eigenvalue weighted by molar-refractivity contribution is 0.296. The highest BCUT2D eigenvalue weighted by molar-refractivity contribution is 7.98. The number of H-pyrrole nitrogens is 1. The van der Waals surface area contributed by atoms with Crippen molar-refractivity contribution in [1.82, 2.24) is 15.2 Å². The summed E-state index contributed by atoms with van der Waals surface area (Å²) in [5.41, 5.74) is 2.16. The van der Waals surface area contributed by atoms with Crippen LogP contribution in [0.25, 0.3) is 11.0 Å². The Labute approximate surface area is 169 Å². The Morgan fingerprint density at radius 3 is 2.82 bits per heavy atom. The number of aromatic amines is 1. The summed E-state index contributed by atoms with van der Waals surface area (Å²) in [6.45, 7) is 2.23. The van der Waals surface area contributed by atoms with Gasteiger partial charge in [0.1, 0.15) is 17.9 Å². The van der Waals surface area contributed by atoms with Crippen molar-refractivity contribution in [3.05, 3.63) is 80.9 Å². The summed E-state index contributed by atoms with van der Waals surface area (Å²) in [7, 11) is 0. The maximum Gasteiger partial charge on any atom is 0.336 e. The molecular formula is C20H16ClN3O3S. The summed E-state index contributed by atoms with van der Waals surface area (Å²) < 4.78 is 10.9. The molecule has 0 saturated heterocycles. The highest BCUT2D eigenvalue weighted by atomic mass is 35.5. The Morgan fingerprint density at radius 2 is 2.00 bits per heavy atom. The van der Waals surface area contributed by atoms with Crippen LogP contribution >= 0.6 is 23.4 Å². The lowest BCUT2D eigenvalue weighted by atomic mass is 10.1. The number of nitrogens with zero attached hydrogens (tertiary/aromatic N) is 2. The van der Waals surface area contributed by atoms with Crippen molar-refractivity contribution in [1.29, 1.82) is 0 Å². The second kappa shape index (κ2) is 8.08. The standard InChI is InChI=1S/C20H16ClN3O3S/c1-12-2-7-16-13(9-19(25)27-17(16)8-12)11-28-20-22-18(23-24-20)10-26-15-5-3-14(21)4-6-15/h2-9H,10-11H2,1H3,(H,22,23,24). The van der Waals surface area contributed by atoms with Crippen molar-refractivity contribution in [2.24, 2.45) is 0 Å². The highest BCUT2D eigenvalue weighted by Crippen LogP contribution is 2.25. The number of rotatable bonds is 6. The number of thioether (sulfide) groups is 1. The Kier molecular flexibility index (Phi) is 5.36. The van der Waals surface area contributed by atoms with E-state index in [0.717, 1.165) is 16.5 Å². The molecule has 2 aromatic heterocycles. The SMILES string of the molecule is Cc1ccc2c(CSc3n[nH]c(COc4ccc(Cl)cc4)n3)cc(=O)oc2c1. The van der Waals surface area contributed by atoms with E-state index in [4.69, 9.17) is 20.8 Å². The van der Waals surface area contributed by atoms with Crippen LogP contribution in [-0.4, -0.2) is 15.2 Å². The minimum atomic E-state index is -0.360. The number of halogens is 1. The van der Waals surface area contributed by atoms with Gasteiger partial charge in [-0.05, 0) is 48.4 Å². The second-order valence-electron chi connectivity index (χ2n) is 6.19. The molecule has 0 bridgehead atoms. The zero-order valence-corrected chi connectivity index (χ0v) is 16.5. The molecule has 0 fully saturated rings. The molecule has 0 atom stereocenters. The van der Waals surface area contributed by atoms with E-state index in [1.165, 1.54) is 17.8 Å². The zero-order chi connectivity index (χ0) is 19.5. The largest absolute Gasteiger partial charge is 0.486 e. The minimum Gasteiger partial charge on any atom is -0.486 e. The van der Waals surface area contributed by atoms with Crippen molar-refractivity contribution >= 4 is 34.3 Å². The van der Waals surface area contributed by atoms with E-state index in [0.29, 0.717) is 33.1 Å². The third kappa shape index (κ3) is 4.37. The van der Waals surface area contributed by atoms with E-state index in [2.05, 4.69) is 15.2 Å². The molecule has 0 aliphatic rings. The van der Waals surface area contributed by atoms with Gasteiger partial charge in [-0.1, -0.05) is 35.5 Å². The molecule has 6 nitrogen and oxygen atoms in total. The molecule has 0 aliphatic heterocycles. The number of nitrogens with one attached hydrogen (secondary N) is 1. The number of hydrogen-bond donors (Lipinski definition) is 1.